The summed E-state index contributed by atoms with van der Waals surface area (Å²) >= 11 is 0. The molecular weight excluding hydrogens is 204 g/mol. The Morgan fingerprint density at radius 2 is 2.12 bits per heavy atom. The quantitative estimate of drug-likeness (QED) is 0.657. The largest absolute Gasteiger partial charge is 0.379 e. The topological polar surface area (TPSA) is 55.6 Å². The van der Waals surface area contributed by atoms with E-state index in [0.29, 0.717) is 13.2 Å². The Kier molecular flexibility index (Phi) is 5.22. The molecular formula is C12H24N2O2. The minimum absolute atomic E-state index is 0.00465. The minimum Gasteiger partial charge on any atom is -0.379 e. The van der Waals surface area contributed by atoms with E-state index >= 15 is 0 Å². The van der Waals surface area contributed by atoms with Gasteiger partial charge in [-0.1, -0.05) is 13.8 Å². The molecule has 4 heteroatoms. The third-order valence-corrected chi connectivity index (χ3v) is 3.00. The predicted octanol–water partition coefficient (Wildman–Crippen LogP) is 0.855. The first-order chi connectivity index (χ1) is 7.52. The van der Waals surface area contributed by atoms with Gasteiger partial charge in [-0.15, -0.1) is 0 Å². The molecule has 0 saturated heterocycles. The van der Waals surface area contributed by atoms with Gasteiger partial charge in [0.1, 0.15) is 0 Å². The maximum absolute atomic E-state index is 11.8. The zero-order valence-electron chi connectivity index (χ0n) is 10.6. The van der Waals surface area contributed by atoms with Crippen molar-refractivity contribution in [2.45, 2.75) is 32.7 Å². The summed E-state index contributed by atoms with van der Waals surface area (Å²) in [5.74, 6) is 0.964. The molecule has 0 aromatic rings. The highest BCUT2D eigenvalue weighted by Crippen LogP contribution is 2.28. The van der Waals surface area contributed by atoms with E-state index < -0.39 is 6.04 Å². The Morgan fingerprint density at radius 3 is 2.62 bits per heavy atom. The molecule has 94 valence electrons. The first kappa shape index (κ1) is 13.5. The van der Waals surface area contributed by atoms with Crippen LogP contribution >= 0.6 is 0 Å². The highest BCUT2D eigenvalue weighted by Gasteiger charge is 2.22. The summed E-state index contributed by atoms with van der Waals surface area (Å²) in [5, 5.41) is 0. The monoisotopic (exact) mass is 228 g/mol. The molecule has 2 N–H and O–H groups in total. The van der Waals surface area contributed by atoms with E-state index in [2.05, 4.69) is 0 Å². The third-order valence-electron chi connectivity index (χ3n) is 3.00. The molecule has 1 rings (SSSR count). The molecule has 1 aliphatic carbocycles. The molecule has 1 atom stereocenters. The number of likely N-dealkylation sites (N-methyl/N-ethyl adjacent to an activating group) is 1. The van der Waals surface area contributed by atoms with Crippen LogP contribution in [0.3, 0.4) is 0 Å². The minimum atomic E-state index is -0.395. The van der Waals surface area contributed by atoms with Gasteiger partial charge in [0.15, 0.2) is 0 Å². The van der Waals surface area contributed by atoms with Gasteiger partial charge >= 0.3 is 0 Å². The number of hydrogen-bond donors (Lipinski definition) is 1. The highest BCUT2D eigenvalue weighted by molar-refractivity contribution is 5.81. The van der Waals surface area contributed by atoms with Gasteiger partial charge < -0.3 is 15.4 Å². The van der Waals surface area contributed by atoms with Crippen molar-refractivity contribution in [3.8, 4) is 0 Å². The van der Waals surface area contributed by atoms with Gasteiger partial charge in [0.25, 0.3) is 0 Å². The molecule has 0 radical (unpaired) electrons. The molecule has 0 spiro atoms. The molecule has 1 fully saturated rings. The number of carbonyl (C=O) groups excluding carboxylic acids is 1. The Balaban J connectivity index is 2.11. The Morgan fingerprint density at radius 1 is 1.50 bits per heavy atom. The third kappa shape index (κ3) is 4.49. The van der Waals surface area contributed by atoms with Crippen molar-refractivity contribution < 1.29 is 9.53 Å². The van der Waals surface area contributed by atoms with Crippen LogP contribution in [0.5, 0.6) is 0 Å². The number of amides is 1. The lowest BCUT2D eigenvalue weighted by Crippen LogP contribution is -2.45. The van der Waals surface area contributed by atoms with Crippen molar-refractivity contribution >= 4 is 5.91 Å². The van der Waals surface area contributed by atoms with Crippen molar-refractivity contribution in [3.05, 3.63) is 0 Å². The van der Waals surface area contributed by atoms with Crippen molar-refractivity contribution in [1.82, 2.24) is 4.90 Å². The van der Waals surface area contributed by atoms with Crippen molar-refractivity contribution in [2.24, 2.45) is 17.6 Å². The number of carbonyl (C=O) groups is 1. The molecule has 0 heterocycles. The fourth-order valence-corrected chi connectivity index (χ4v) is 1.39. The van der Waals surface area contributed by atoms with Gasteiger partial charge in [-0.05, 0) is 24.7 Å². The summed E-state index contributed by atoms with van der Waals surface area (Å²) in [5.41, 5.74) is 5.79. The maximum atomic E-state index is 11.8. The van der Waals surface area contributed by atoms with Crippen molar-refractivity contribution in [1.29, 1.82) is 0 Å². The van der Waals surface area contributed by atoms with Gasteiger partial charge in [0, 0.05) is 20.2 Å². The molecule has 1 amide bonds. The van der Waals surface area contributed by atoms with E-state index in [1.807, 2.05) is 13.8 Å². The average molecular weight is 228 g/mol. The lowest BCUT2D eigenvalue weighted by atomic mass is 10.0. The van der Waals surface area contributed by atoms with E-state index in [1.54, 1.807) is 11.9 Å². The number of ether oxygens (including phenoxy) is 1. The van der Waals surface area contributed by atoms with E-state index in [-0.39, 0.29) is 11.8 Å². The highest BCUT2D eigenvalue weighted by atomic mass is 16.5. The summed E-state index contributed by atoms with van der Waals surface area (Å²) in [6.45, 7) is 6.01. The first-order valence-electron chi connectivity index (χ1n) is 6.10. The molecule has 0 bridgehead atoms. The lowest BCUT2D eigenvalue weighted by molar-refractivity contribution is -0.132. The van der Waals surface area contributed by atoms with Crippen LogP contribution in [0, 0.1) is 11.8 Å². The summed E-state index contributed by atoms with van der Waals surface area (Å²) in [6.07, 6.45) is 2.60. The van der Waals surface area contributed by atoms with Crippen LogP contribution in [0.2, 0.25) is 0 Å². The SMILES string of the molecule is CC(C)[C@@H](N)C(=O)N(C)CCOCC1CC1. The summed E-state index contributed by atoms with van der Waals surface area (Å²) in [6, 6.07) is -0.395. The standard InChI is InChI=1S/C12H24N2O2/c1-9(2)11(13)12(15)14(3)6-7-16-8-10-4-5-10/h9-11H,4-8,13H2,1-3H3/t11-/m1/s1. The van der Waals surface area contributed by atoms with Crippen LogP contribution < -0.4 is 5.73 Å². The Bertz CT molecular complexity index is 227. The summed E-state index contributed by atoms with van der Waals surface area (Å²) in [7, 11) is 1.78. The smallest absolute Gasteiger partial charge is 0.239 e. The predicted molar refractivity (Wildman–Crippen MR) is 64.0 cm³/mol. The van der Waals surface area contributed by atoms with Gasteiger partial charge in [-0.2, -0.15) is 0 Å². The normalized spacial score (nSPS) is 17.6. The Hall–Kier alpha value is -0.610. The van der Waals surface area contributed by atoms with E-state index in [4.69, 9.17) is 10.5 Å². The molecule has 0 aromatic heterocycles. The number of nitrogens with two attached hydrogens (primary N) is 1. The number of hydrogen-bond acceptors (Lipinski definition) is 3. The molecule has 16 heavy (non-hydrogen) atoms. The second-order valence-corrected chi connectivity index (χ2v) is 5.05. The van der Waals surface area contributed by atoms with Gasteiger partial charge in [0.05, 0.1) is 12.6 Å². The summed E-state index contributed by atoms with van der Waals surface area (Å²) < 4.78 is 5.48. The Labute approximate surface area is 98.1 Å². The second kappa shape index (κ2) is 6.21. The van der Waals surface area contributed by atoms with E-state index in [0.717, 1.165) is 12.5 Å². The van der Waals surface area contributed by atoms with E-state index in [9.17, 15) is 4.79 Å². The molecule has 0 aliphatic heterocycles. The molecule has 0 unspecified atom stereocenters. The van der Waals surface area contributed by atoms with Crippen LogP contribution in [-0.4, -0.2) is 43.7 Å². The van der Waals surface area contributed by atoms with Crippen LogP contribution in [0.15, 0.2) is 0 Å². The fraction of sp³-hybridized carbons (Fsp3) is 0.917. The lowest BCUT2D eigenvalue weighted by Gasteiger charge is -2.23. The fourth-order valence-electron chi connectivity index (χ4n) is 1.39. The zero-order chi connectivity index (χ0) is 12.1. The van der Waals surface area contributed by atoms with Crippen molar-refractivity contribution in [2.75, 3.05) is 26.8 Å². The van der Waals surface area contributed by atoms with Crippen LogP contribution in [-0.2, 0) is 9.53 Å². The number of rotatable bonds is 7. The van der Waals surface area contributed by atoms with Crippen LogP contribution in [0.1, 0.15) is 26.7 Å². The van der Waals surface area contributed by atoms with Crippen LogP contribution in [0.4, 0.5) is 0 Å². The van der Waals surface area contributed by atoms with Gasteiger partial charge in [-0.25, -0.2) is 0 Å². The van der Waals surface area contributed by atoms with E-state index in [1.165, 1.54) is 12.8 Å². The molecule has 1 aliphatic rings. The van der Waals surface area contributed by atoms with Gasteiger partial charge in [0.2, 0.25) is 5.91 Å². The average Bonchev–Trinajstić information content (AvgIpc) is 3.05. The summed E-state index contributed by atoms with van der Waals surface area (Å²) in [4.78, 5) is 13.4. The maximum Gasteiger partial charge on any atom is 0.239 e. The van der Waals surface area contributed by atoms with Crippen molar-refractivity contribution in [3.63, 3.8) is 0 Å². The second-order valence-electron chi connectivity index (χ2n) is 5.05. The zero-order valence-corrected chi connectivity index (χ0v) is 10.6. The molecule has 1 saturated carbocycles. The van der Waals surface area contributed by atoms with Gasteiger partial charge in [-0.3, -0.25) is 4.79 Å². The molecule has 0 aromatic carbocycles. The number of nitrogens with zero attached hydrogens (tertiary/aromatic N) is 1. The molecule has 4 nitrogen and oxygen atoms in total. The van der Waals surface area contributed by atoms with Crippen LogP contribution in [0.25, 0.3) is 0 Å². The first-order valence-corrected chi connectivity index (χ1v) is 6.10.